The van der Waals surface area contributed by atoms with Crippen LogP contribution in [0.4, 0.5) is 0 Å². The summed E-state index contributed by atoms with van der Waals surface area (Å²) >= 11 is 0. The van der Waals surface area contributed by atoms with Gasteiger partial charge in [-0.1, -0.05) is 0 Å². The summed E-state index contributed by atoms with van der Waals surface area (Å²) in [6.07, 6.45) is 0. The van der Waals surface area contributed by atoms with Crippen LogP contribution in [0.15, 0.2) is 0 Å². The van der Waals surface area contributed by atoms with Gasteiger partial charge in [0.05, 0.1) is 0 Å². The standard InChI is InChI=1S/Al.Cr.Mg.H4Si.Zn.5H/h;;;1H4;;;;;;/q;;+2;;;;;;2*-1. The zero-order valence-corrected chi connectivity index (χ0v) is 7.48. The van der Waals surface area contributed by atoms with Crippen molar-refractivity contribution in [3.63, 3.8) is 0 Å². The van der Waals surface area contributed by atoms with Crippen molar-refractivity contribution in [3.8, 4) is 0 Å². The van der Waals surface area contributed by atoms with Crippen LogP contribution in [0.3, 0.4) is 0 Å². The Hall–Kier alpha value is 2.67. The zero-order valence-electron chi connectivity index (χ0n) is 3.82. The molecular weight excluding hydrogens is 197 g/mol. The summed E-state index contributed by atoms with van der Waals surface area (Å²) in [5.74, 6) is 0. The molecule has 0 heterocycles. The predicted molar refractivity (Wildman–Crippen MR) is 29.3 cm³/mol. The van der Waals surface area contributed by atoms with Crippen LogP contribution in [0.25, 0.3) is 0 Å². The fourth-order valence-corrected chi connectivity index (χ4v) is 0. The number of hydrogen-bond acceptors (Lipinski definition) is 0. The molecule has 0 aromatic carbocycles. The second-order valence-electron chi connectivity index (χ2n) is 0. The van der Waals surface area contributed by atoms with E-state index in [1.54, 1.807) is 0 Å². The van der Waals surface area contributed by atoms with Gasteiger partial charge in [-0.2, -0.15) is 0 Å². The van der Waals surface area contributed by atoms with Gasteiger partial charge in [-0.3, -0.25) is 0 Å². The fourth-order valence-electron chi connectivity index (χ4n) is 0. The summed E-state index contributed by atoms with van der Waals surface area (Å²) in [7, 11) is 0. The largest absolute Gasteiger partial charge is 2.00 e. The third-order valence-electron chi connectivity index (χ3n) is 0. The third kappa shape index (κ3) is 20.4. The van der Waals surface area contributed by atoms with E-state index in [1.165, 1.54) is 0 Å². The van der Waals surface area contributed by atoms with E-state index in [0.717, 1.165) is 0 Å². The van der Waals surface area contributed by atoms with Crippen molar-refractivity contribution in [3.05, 3.63) is 0 Å². The van der Waals surface area contributed by atoms with E-state index in [2.05, 4.69) is 0 Å². The first-order valence-corrected chi connectivity index (χ1v) is 0. The zero-order chi connectivity index (χ0) is 0. The van der Waals surface area contributed by atoms with Gasteiger partial charge in [0.15, 0.2) is 17.4 Å². The second-order valence-corrected chi connectivity index (χ2v) is 0. The molecule has 0 N–H and O–H groups in total. The number of hydrogen-bond donors (Lipinski definition) is 0. The van der Waals surface area contributed by atoms with Gasteiger partial charge in [-0.25, -0.2) is 0 Å². The molecule has 0 rings (SSSR count). The van der Waals surface area contributed by atoms with Crippen LogP contribution in [0.5, 0.6) is 0 Å². The molecule has 0 spiro atoms. The van der Waals surface area contributed by atoms with Crippen molar-refractivity contribution in [2.24, 2.45) is 0 Å². The Balaban J connectivity index is 0. The van der Waals surface area contributed by atoms with Crippen LogP contribution in [0.2, 0.25) is 0 Å². The van der Waals surface area contributed by atoms with Gasteiger partial charge in [0.25, 0.3) is 0 Å². The molecule has 5 heteroatoms. The van der Waals surface area contributed by atoms with Gasteiger partial charge in [0.2, 0.25) is 0 Å². The molecular formula is H9AlCrMgSiZn. The van der Waals surface area contributed by atoms with Gasteiger partial charge in [0.1, 0.15) is 0 Å². The molecule has 0 nitrogen and oxygen atoms in total. The molecule has 0 aliphatic heterocycles. The van der Waals surface area contributed by atoms with E-state index in [0.29, 0.717) is 0 Å². The SMILES string of the molecule is [AlH3].[Cr].[H-].[H-].[Mg+2].[SiH4].[Zn]. The van der Waals surface area contributed by atoms with E-state index in [1.807, 2.05) is 0 Å². The summed E-state index contributed by atoms with van der Waals surface area (Å²) in [5, 5.41) is 0. The van der Waals surface area contributed by atoms with Crippen LogP contribution in [-0.4, -0.2) is 51.4 Å². The Morgan fingerprint density at radius 2 is 1.20 bits per heavy atom. The van der Waals surface area contributed by atoms with Gasteiger partial charge >= 0.3 is 23.1 Å². The average Bonchev–Trinajstić information content (AvgIpc) is 0. The maximum Gasteiger partial charge on any atom is 2.00 e. The molecule has 0 unspecified atom stereocenters. The molecule has 0 aliphatic rings. The molecule has 0 radical (unpaired) electrons. The Kier molecular flexibility index (Phi) is 288. The van der Waals surface area contributed by atoms with Crippen LogP contribution >= 0.6 is 0 Å². The minimum Gasteiger partial charge on any atom is -1.00 e. The first-order chi connectivity index (χ1) is 0. The van der Waals surface area contributed by atoms with Gasteiger partial charge in [-0.05, 0) is 11.0 Å². The minimum atomic E-state index is 0. The van der Waals surface area contributed by atoms with Crippen molar-refractivity contribution >= 4 is 51.4 Å². The maximum absolute atomic E-state index is 0. The topological polar surface area (TPSA) is 0 Å². The Morgan fingerprint density at radius 3 is 1.20 bits per heavy atom. The quantitative estimate of drug-likeness (QED) is 0.375. The average molecular weight is 206 g/mol. The monoisotopic (exact) mass is 204 g/mol. The van der Waals surface area contributed by atoms with E-state index in [-0.39, 0.29) is 91.1 Å². The van der Waals surface area contributed by atoms with Crippen molar-refractivity contribution < 1.29 is 39.7 Å². The van der Waals surface area contributed by atoms with Crippen molar-refractivity contribution in [1.29, 1.82) is 0 Å². The molecule has 0 aromatic heterocycles. The Labute approximate surface area is 90.0 Å². The van der Waals surface area contributed by atoms with Gasteiger partial charge in [-0.15, -0.1) is 0 Å². The Bertz CT molecular complexity index is 17.7. The van der Waals surface area contributed by atoms with E-state index in [9.17, 15) is 0 Å². The molecule has 0 aromatic rings. The summed E-state index contributed by atoms with van der Waals surface area (Å²) in [6.45, 7) is 0. The van der Waals surface area contributed by atoms with Crippen molar-refractivity contribution in [2.75, 3.05) is 0 Å². The van der Waals surface area contributed by atoms with Gasteiger partial charge < -0.3 is 2.85 Å². The smallest absolute Gasteiger partial charge is 1.00 e. The molecule has 0 saturated carbocycles. The Morgan fingerprint density at radius 1 is 1.20 bits per heavy atom. The van der Waals surface area contributed by atoms with Crippen LogP contribution in [0, 0.1) is 0 Å². The second kappa shape index (κ2) is 30.1. The molecule has 0 saturated heterocycles. The van der Waals surface area contributed by atoms with Crippen LogP contribution in [-0.2, 0) is 36.8 Å². The molecule has 0 aliphatic carbocycles. The molecule has 0 fully saturated rings. The van der Waals surface area contributed by atoms with E-state index < -0.39 is 0 Å². The van der Waals surface area contributed by atoms with Crippen LogP contribution < -0.4 is 0 Å². The van der Waals surface area contributed by atoms with Crippen LogP contribution in [0.1, 0.15) is 2.85 Å². The molecule has 0 amide bonds. The molecule has 26 valence electrons. The summed E-state index contributed by atoms with van der Waals surface area (Å²) < 4.78 is 0. The van der Waals surface area contributed by atoms with Gasteiger partial charge in [0, 0.05) is 36.8 Å². The minimum absolute atomic E-state index is 0. The normalized spacial score (nSPS) is 0. The first kappa shape index (κ1) is 47.8. The fraction of sp³-hybridized carbons (Fsp3) is 0. The molecule has 5 heavy (non-hydrogen) atoms. The predicted octanol–water partition coefficient (Wildman–Crippen LogP) is -2.80. The number of rotatable bonds is 0. The maximum atomic E-state index is 0. The summed E-state index contributed by atoms with van der Waals surface area (Å²) in [5.41, 5.74) is 0. The summed E-state index contributed by atoms with van der Waals surface area (Å²) in [4.78, 5) is 0. The molecule has 0 atom stereocenters. The third-order valence-corrected chi connectivity index (χ3v) is 0. The van der Waals surface area contributed by atoms with E-state index >= 15 is 0 Å². The first-order valence-electron chi connectivity index (χ1n) is 0. The summed E-state index contributed by atoms with van der Waals surface area (Å²) in [6, 6.07) is 0. The van der Waals surface area contributed by atoms with Crippen molar-refractivity contribution in [1.82, 2.24) is 0 Å². The van der Waals surface area contributed by atoms with E-state index in [4.69, 9.17) is 0 Å². The molecule has 0 bridgehead atoms. The van der Waals surface area contributed by atoms with Crippen molar-refractivity contribution in [2.45, 2.75) is 0 Å².